The van der Waals surface area contributed by atoms with Gasteiger partial charge in [0, 0.05) is 39.1 Å². The maximum Gasteiger partial charge on any atom is 0.222 e. The lowest BCUT2D eigenvalue weighted by molar-refractivity contribution is -0.127. The summed E-state index contributed by atoms with van der Waals surface area (Å²) in [5.74, 6) is 0.887. The second-order valence-electron chi connectivity index (χ2n) is 6.26. The third-order valence-electron chi connectivity index (χ3n) is 4.20. The Bertz CT molecular complexity index is 582. The molecule has 1 aromatic carbocycles. The maximum absolute atomic E-state index is 13.1. The fraction of sp³-hybridized carbons (Fsp3) is 0.579. The van der Waals surface area contributed by atoms with Crippen LogP contribution >= 0.6 is 24.0 Å². The Labute approximate surface area is 172 Å². The number of nitrogens with one attached hydrogen (secondary N) is 2. The number of aliphatic imine (C=N–C) groups is 1. The lowest BCUT2D eigenvalue weighted by Gasteiger charge is -2.15. The van der Waals surface area contributed by atoms with Gasteiger partial charge in [-0.25, -0.2) is 4.39 Å². The number of carbonyl (C=O) groups excluding carboxylic acids is 1. The van der Waals surface area contributed by atoms with Crippen molar-refractivity contribution in [2.24, 2.45) is 4.99 Å². The molecule has 7 heteroatoms. The van der Waals surface area contributed by atoms with Gasteiger partial charge in [0.25, 0.3) is 0 Å². The zero-order valence-electron chi connectivity index (χ0n) is 15.5. The summed E-state index contributed by atoms with van der Waals surface area (Å²) in [4.78, 5) is 18.0. The van der Waals surface area contributed by atoms with Gasteiger partial charge in [-0.2, -0.15) is 0 Å². The Balaban J connectivity index is 0.00000338. The van der Waals surface area contributed by atoms with E-state index < -0.39 is 0 Å². The van der Waals surface area contributed by atoms with Gasteiger partial charge in [-0.1, -0.05) is 12.1 Å². The number of halogens is 2. The van der Waals surface area contributed by atoms with E-state index in [2.05, 4.69) is 15.6 Å². The van der Waals surface area contributed by atoms with Gasteiger partial charge in [0.05, 0.1) is 0 Å². The molecule has 1 saturated heterocycles. The fourth-order valence-electron chi connectivity index (χ4n) is 2.93. The first-order chi connectivity index (χ1) is 12.2. The summed E-state index contributed by atoms with van der Waals surface area (Å²) in [7, 11) is 0. The van der Waals surface area contributed by atoms with Crippen molar-refractivity contribution in [3.05, 3.63) is 35.6 Å². The lowest BCUT2D eigenvalue weighted by Crippen LogP contribution is -2.38. The molecule has 0 bridgehead atoms. The van der Waals surface area contributed by atoms with E-state index in [-0.39, 0.29) is 35.7 Å². The minimum absolute atomic E-state index is 0. The van der Waals surface area contributed by atoms with Crippen molar-refractivity contribution in [3.8, 4) is 0 Å². The molecule has 5 nitrogen and oxygen atoms in total. The van der Waals surface area contributed by atoms with Crippen LogP contribution in [-0.4, -0.2) is 49.5 Å². The predicted molar refractivity (Wildman–Crippen MR) is 115 cm³/mol. The van der Waals surface area contributed by atoms with Gasteiger partial charge in [-0.3, -0.25) is 9.79 Å². The number of aryl methyl sites for hydroxylation is 1. The van der Waals surface area contributed by atoms with Crippen molar-refractivity contribution in [1.29, 1.82) is 0 Å². The zero-order chi connectivity index (χ0) is 17.9. The van der Waals surface area contributed by atoms with Gasteiger partial charge < -0.3 is 15.5 Å². The summed E-state index contributed by atoms with van der Waals surface area (Å²) in [5, 5.41) is 6.53. The zero-order valence-corrected chi connectivity index (χ0v) is 17.8. The van der Waals surface area contributed by atoms with E-state index in [0.717, 1.165) is 63.4 Å². The van der Waals surface area contributed by atoms with Crippen LogP contribution in [0.1, 0.15) is 38.2 Å². The van der Waals surface area contributed by atoms with Crippen LogP contribution in [0.15, 0.2) is 29.3 Å². The average Bonchev–Trinajstić information content (AvgIpc) is 3.00. The molecule has 0 saturated carbocycles. The van der Waals surface area contributed by atoms with Crippen LogP contribution in [0.2, 0.25) is 0 Å². The van der Waals surface area contributed by atoms with Gasteiger partial charge in [0.15, 0.2) is 5.96 Å². The molecule has 1 aliphatic rings. The van der Waals surface area contributed by atoms with E-state index in [1.54, 1.807) is 12.1 Å². The van der Waals surface area contributed by atoms with Crippen LogP contribution in [0.5, 0.6) is 0 Å². The molecule has 0 radical (unpaired) electrons. The Morgan fingerprint density at radius 3 is 2.85 bits per heavy atom. The number of rotatable bonds is 9. The van der Waals surface area contributed by atoms with Crippen LogP contribution in [0.3, 0.4) is 0 Å². The number of hydrogen-bond donors (Lipinski definition) is 2. The molecule has 1 amide bonds. The van der Waals surface area contributed by atoms with E-state index in [4.69, 9.17) is 0 Å². The van der Waals surface area contributed by atoms with Crippen LogP contribution in [0, 0.1) is 5.82 Å². The highest BCUT2D eigenvalue weighted by Gasteiger charge is 2.18. The lowest BCUT2D eigenvalue weighted by atomic mass is 10.1. The first kappa shape index (κ1) is 22.7. The van der Waals surface area contributed by atoms with Crippen LogP contribution < -0.4 is 10.6 Å². The Kier molecular flexibility index (Phi) is 11.2. The summed E-state index contributed by atoms with van der Waals surface area (Å²) in [6.07, 6.45) is 4.30. The van der Waals surface area contributed by atoms with Gasteiger partial charge in [-0.05, 0) is 50.3 Å². The standard InChI is InChI=1S/C19H29FN4O.HI/c1-2-21-19(23-12-6-14-24-13-5-10-18(24)25)22-11-4-8-16-7-3-9-17(20)15-16;/h3,7,9,15H,2,4-6,8,10-14H2,1H3,(H2,21,22,23);1H. The molecule has 26 heavy (non-hydrogen) atoms. The molecule has 0 aromatic heterocycles. The highest BCUT2D eigenvalue weighted by Crippen LogP contribution is 2.09. The van der Waals surface area contributed by atoms with E-state index in [1.165, 1.54) is 6.07 Å². The smallest absolute Gasteiger partial charge is 0.222 e. The Morgan fingerprint density at radius 1 is 1.31 bits per heavy atom. The monoisotopic (exact) mass is 476 g/mol. The van der Waals surface area contributed by atoms with E-state index in [0.29, 0.717) is 13.0 Å². The number of carbonyl (C=O) groups is 1. The summed E-state index contributed by atoms with van der Waals surface area (Å²) in [6.45, 7) is 6.01. The highest BCUT2D eigenvalue weighted by atomic mass is 127. The number of amides is 1. The second kappa shape index (κ2) is 12.9. The number of likely N-dealkylation sites (tertiary alicyclic amines) is 1. The van der Waals surface area contributed by atoms with Gasteiger partial charge in [-0.15, -0.1) is 24.0 Å². The van der Waals surface area contributed by atoms with Gasteiger partial charge in [0.2, 0.25) is 5.91 Å². The summed E-state index contributed by atoms with van der Waals surface area (Å²) in [5.41, 5.74) is 1.01. The molecule has 146 valence electrons. The number of nitrogens with zero attached hydrogens (tertiary/aromatic N) is 2. The molecular weight excluding hydrogens is 446 g/mol. The van der Waals surface area contributed by atoms with Crippen molar-refractivity contribution >= 4 is 35.8 Å². The molecule has 1 heterocycles. The molecule has 0 spiro atoms. The molecule has 2 N–H and O–H groups in total. The molecule has 0 aliphatic carbocycles. The first-order valence-corrected chi connectivity index (χ1v) is 9.23. The molecule has 0 unspecified atom stereocenters. The Hall–Kier alpha value is -1.38. The predicted octanol–water partition coefficient (Wildman–Crippen LogP) is 2.94. The van der Waals surface area contributed by atoms with Crippen LogP contribution in [0.4, 0.5) is 4.39 Å². The SMILES string of the molecule is CCNC(=NCCCN1CCCC1=O)NCCCc1cccc(F)c1.I. The van der Waals surface area contributed by atoms with E-state index >= 15 is 0 Å². The Morgan fingerprint density at radius 2 is 2.15 bits per heavy atom. The third-order valence-corrected chi connectivity index (χ3v) is 4.20. The molecule has 1 fully saturated rings. The average molecular weight is 476 g/mol. The third kappa shape index (κ3) is 8.33. The normalized spacial score (nSPS) is 14.3. The van der Waals surface area contributed by atoms with Crippen molar-refractivity contribution in [3.63, 3.8) is 0 Å². The number of hydrogen-bond acceptors (Lipinski definition) is 2. The molecule has 0 atom stereocenters. The number of benzene rings is 1. The van der Waals surface area contributed by atoms with Gasteiger partial charge >= 0.3 is 0 Å². The highest BCUT2D eigenvalue weighted by molar-refractivity contribution is 14.0. The van der Waals surface area contributed by atoms with E-state index in [1.807, 2.05) is 17.9 Å². The molecular formula is C19H30FIN4O. The summed E-state index contributed by atoms with van der Waals surface area (Å²) in [6, 6.07) is 6.74. The molecule has 1 aliphatic heterocycles. The summed E-state index contributed by atoms with van der Waals surface area (Å²) >= 11 is 0. The maximum atomic E-state index is 13.1. The van der Waals surface area contributed by atoms with Crippen LogP contribution in [-0.2, 0) is 11.2 Å². The second-order valence-corrected chi connectivity index (χ2v) is 6.26. The number of guanidine groups is 1. The first-order valence-electron chi connectivity index (χ1n) is 9.23. The van der Waals surface area contributed by atoms with Crippen molar-refractivity contribution in [2.75, 3.05) is 32.7 Å². The van der Waals surface area contributed by atoms with Crippen molar-refractivity contribution in [1.82, 2.24) is 15.5 Å². The van der Waals surface area contributed by atoms with Crippen molar-refractivity contribution in [2.45, 2.75) is 39.0 Å². The largest absolute Gasteiger partial charge is 0.357 e. The quantitative estimate of drug-likeness (QED) is 0.250. The molecule has 2 rings (SSSR count). The van der Waals surface area contributed by atoms with Crippen molar-refractivity contribution < 1.29 is 9.18 Å². The minimum atomic E-state index is -0.183. The van der Waals surface area contributed by atoms with Gasteiger partial charge in [0.1, 0.15) is 5.82 Å². The van der Waals surface area contributed by atoms with E-state index in [9.17, 15) is 9.18 Å². The fourth-order valence-corrected chi connectivity index (χ4v) is 2.93. The summed E-state index contributed by atoms with van der Waals surface area (Å²) < 4.78 is 13.1. The van der Waals surface area contributed by atoms with Crippen LogP contribution in [0.25, 0.3) is 0 Å². The minimum Gasteiger partial charge on any atom is -0.357 e. The topological polar surface area (TPSA) is 56.7 Å². The molecule has 1 aromatic rings.